The normalized spacial score (nSPS) is 10.6. The van der Waals surface area contributed by atoms with Gasteiger partial charge in [0.1, 0.15) is 0 Å². The Balaban J connectivity index is 1.79. The summed E-state index contributed by atoms with van der Waals surface area (Å²) < 4.78 is 1.46. The fourth-order valence-electron chi connectivity index (χ4n) is 2.77. The smallest absolute Gasteiger partial charge is 0.287 e. The van der Waals surface area contributed by atoms with E-state index in [0.29, 0.717) is 21.3 Å². The largest absolute Gasteiger partial charge is 0.294 e. The summed E-state index contributed by atoms with van der Waals surface area (Å²) >= 11 is 7.27. The second kappa shape index (κ2) is 8.59. The second-order valence-corrected chi connectivity index (χ2v) is 7.94. The van der Waals surface area contributed by atoms with Crippen LogP contribution in [0.15, 0.2) is 41.2 Å². The number of amides is 2. The quantitative estimate of drug-likeness (QED) is 0.621. The highest BCUT2D eigenvalue weighted by Crippen LogP contribution is 2.22. The van der Waals surface area contributed by atoms with Crippen molar-refractivity contribution in [3.05, 3.63) is 78.3 Å². The Morgan fingerprint density at radius 2 is 1.76 bits per heavy atom. The van der Waals surface area contributed by atoms with Crippen molar-refractivity contribution in [3.8, 4) is 5.69 Å². The van der Waals surface area contributed by atoms with Crippen LogP contribution >= 0.6 is 22.9 Å². The lowest BCUT2D eigenvalue weighted by Gasteiger charge is -2.11. The van der Waals surface area contributed by atoms with Crippen LogP contribution in [0.4, 0.5) is 0 Å². The molecule has 0 atom stereocenters. The highest BCUT2D eigenvalue weighted by atomic mass is 35.5. The average Bonchev–Trinajstić information content (AvgIpc) is 3.07. The number of hydrogen-bond acceptors (Lipinski definition) is 5. The van der Waals surface area contributed by atoms with Crippen molar-refractivity contribution in [2.45, 2.75) is 27.2 Å². The van der Waals surface area contributed by atoms with Crippen LogP contribution < -0.4 is 16.3 Å². The van der Waals surface area contributed by atoms with E-state index in [4.69, 9.17) is 11.6 Å². The Morgan fingerprint density at radius 3 is 2.38 bits per heavy atom. The van der Waals surface area contributed by atoms with Gasteiger partial charge < -0.3 is 0 Å². The minimum absolute atomic E-state index is 0.331. The third-order valence-electron chi connectivity index (χ3n) is 4.25. The molecule has 150 valence electrons. The van der Waals surface area contributed by atoms with E-state index in [-0.39, 0.29) is 5.69 Å². The fraction of sp³-hybridized carbons (Fsp3) is 0.200. The Kier molecular flexibility index (Phi) is 6.14. The molecular formula is C20H19ClN4O3S. The number of benzene rings is 1. The fourth-order valence-corrected chi connectivity index (χ4v) is 3.90. The van der Waals surface area contributed by atoms with Gasteiger partial charge in [-0.15, -0.1) is 11.3 Å². The minimum Gasteiger partial charge on any atom is -0.287 e. The molecule has 0 saturated heterocycles. The summed E-state index contributed by atoms with van der Waals surface area (Å²) in [6, 6.07) is 9.89. The van der Waals surface area contributed by atoms with Gasteiger partial charge >= 0.3 is 0 Å². The van der Waals surface area contributed by atoms with E-state index in [0.717, 1.165) is 16.9 Å². The number of nitrogens with one attached hydrogen (secondary N) is 2. The molecule has 2 aromatic heterocycles. The van der Waals surface area contributed by atoms with Gasteiger partial charge in [0.25, 0.3) is 11.8 Å². The van der Waals surface area contributed by atoms with E-state index in [9.17, 15) is 14.4 Å². The minimum atomic E-state index is -0.796. The first-order chi connectivity index (χ1) is 13.8. The van der Waals surface area contributed by atoms with Gasteiger partial charge in [0.05, 0.1) is 10.6 Å². The Labute approximate surface area is 176 Å². The predicted molar refractivity (Wildman–Crippen MR) is 113 cm³/mol. The summed E-state index contributed by atoms with van der Waals surface area (Å²) in [5.74, 6) is -1.24. The zero-order valence-corrected chi connectivity index (χ0v) is 17.6. The molecule has 0 spiro atoms. The van der Waals surface area contributed by atoms with Crippen LogP contribution in [0, 0.1) is 13.8 Å². The molecule has 9 heteroatoms. The number of carbonyl (C=O) groups is 2. The molecule has 3 aromatic rings. The van der Waals surface area contributed by atoms with Gasteiger partial charge in [-0.1, -0.05) is 18.5 Å². The Hall–Kier alpha value is -2.97. The maximum absolute atomic E-state index is 12.5. The third kappa shape index (κ3) is 4.55. The molecule has 0 aliphatic rings. The number of thiophene rings is 1. The third-order valence-corrected chi connectivity index (χ3v) is 5.88. The van der Waals surface area contributed by atoms with E-state index in [1.165, 1.54) is 22.1 Å². The van der Waals surface area contributed by atoms with Crippen LogP contribution in [0.3, 0.4) is 0 Å². The maximum Gasteiger partial charge on any atom is 0.294 e. The molecule has 3 rings (SSSR count). The lowest BCUT2D eigenvalue weighted by atomic mass is 10.2. The number of aromatic nitrogens is 2. The van der Waals surface area contributed by atoms with Crippen LogP contribution in [0.25, 0.3) is 5.69 Å². The molecule has 2 amide bonds. The predicted octanol–water partition coefficient (Wildman–Crippen LogP) is 3.20. The number of halogens is 1. The topological polar surface area (TPSA) is 93.1 Å². The van der Waals surface area contributed by atoms with Crippen molar-refractivity contribution in [1.82, 2.24) is 20.6 Å². The van der Waals surface area contributed by atoms with Crippen LogP contribution in [-0.2, 0) is 6.42 Å². The average molecular weight is 431 g/mol. The standard InChI is InChI=1S/C20H19ClN4O3S/c1-4-16-11(2)9-17(29-16)19(27)22-23-20(28)18-15(26)10-12(3)25(24-18)14-7-5-13(21)6-8-14/h5-10H,4H2,1-3H3,(H,22,27)(H,23,28). The number of carbonyl (C=O) groups excluding carboxylic acids is 2. The Morgan fingerprint density at radius 1 is 1.10 bits per heavy atom. The van der Waals surface area contributed by atoms with Gasteiger partial charge in [-0.25, -0.2) is 4.68 Å². The van der Waals surface area contributed by atoms with Gasteiger partial charge in [-0.3, -0.25) is 25.2 Å². The van der Waals surface area contributed by atoms with E-state index in [1.807, 2.05) is 13.8 Å². The highest BCUT2D eigenvalue weighted by Gasteiger charge is 2.17. The highest BCUT2D eigenvalue weighted by molar-refractivity contribution is 7.14. The van der Waals surface area contributed by atoms with E-state index < -0.39 is 17.2 Å². The first-order valence-corrected chi connectivity index (χ1v) is 10.1. The van der Waals surface area contributed by atoms with Crippen molar-refractivity contribution in [2.24, 2.45) is 0 Å². The second-order valence-electron chi connectivity index (χ2n) is 6.37. The van der Waals surface area contributed by atoms with Gasteiger partial charge in [-0.05, 0) is 56.2 Å². The SMILES string of the molecule is CCc1sc(C(=O)NNC(=O)c2nn(-c3ccc(Cl)cc3)c(C)cc2=O)cc1C. The number of aryl methyl sites for hydroxylation is 3. The van der Waals surface area contributed by atoms with Gasteiger partial charge in [0, 0.05) is 21.7 Å². The zero-order valence-electron chi connectivity index (χ0n) is 16.1. The Bertz CT molecular complexity index is 1140. The van der Waals surface area contributed by atoms with E-state index in [2.05, 4.69) is 16.0 Å². The monoisotopic (exact) mass is 430 g/mol. The molecule has 0 radical (unpaired) electrons. The van der Waals surface area contributed by atoms with Crippen molar-refractivity contribution in [2.75, 3.05) is 0 Å². The summed E-state index contributed by atoms with van der Waals surface area (Å²) in [7, 11) is 0. The van der Waals surface area contributed by atoms with Gasteiger partial charge in [0.15, 0.2) is 5.69 Å². The molecular weight excluding hydrogens is 412 g/mol. The van der Waals surface area contributed by atoms with Crippen molar-refractivity contribution < 1.29 is 9.59 Å². The van der Waals surface area contributed by atoms with E-state index >= 15 is 0 Å². The van der Waals surface area contributed by atoms with Crippen LogP contribution in [0.1, 0.15) is 43.2 Å². The molecule has 0 unspecified atom stereocenters. The molecule has 1 aromatic carbocycles. The first-order valence-electron chi connectivity index (χ1n) is 8.87. The number of nitrogens with zero attached hydrogens (tertiary/aromatic N) is 2. The molecule has 7 nitrogen and oxygen atoms in total. The molecule has 0 saturated carbocycles. The van der Waals surface area contributed by atoms with E-state index in [1.54, 1.807) is 37.3 Å². The number of rotatable bonds is 4. The molecule has 0 fully saturated rings. The summed E-state index contributed by atoms with van der Waals surface area (Å²) in [5, 5.41) is 4.71. The lowest BCUT2D eigenvalue weighted by Crippen LogP contribution is -2.43. The number of hydrogen-bond donors (Lipinski definition) is 2. The van der Waals surface area contributed by atoms with Gasteiger partial charge in [0.2, 0.25) is 5.43 Å². The molecule has 0 bridgehead atoms. The molecule has 2 heterocycles. The van der Waals surface area contributed by atoms with Crippen LogP contribution in [-0.4, -0.2) is 21.6 Å². The molecule has 29 heavy (non-hydrogen) atoms. The van der Waals surface area contributed by atoms with Crippen molar-refractivity contribution >= 4 is 34.8 Å². The molecule has 0 aliphatic heterocycles. The van der Waals surface area contributed by atoms with Crippen molar-refractivity contribution in [1.29, 1.82) is 0 Å². The van der Waals surface area contributed by atoms with Gasteiger partial charge in [-0.2, -0.15) is 5.10 Å². The lowest BCUT2D eigenvalue weighted by molar-refractivity contribution is 0.0844. The van der Waals surface area contributed by atoms with Crippen molar-refractivity contribution in [3.63, 3.8) is 0 Å². The van der Waals surface area contributed by atoms with Crippen LogP contribution in [0.5, 0.6) is 0 Å². The maximum atomic E-state index is 12.5. The molecule has 2 N–H and O–H groups in total. The van der Waals surface area contributed by atoms with Crippen LogP contribution in [0.2, 0.25) is 5.02 Å². The summed E-state index contributed by atoms with van der Waals surface area (Å²) in [6.07, 6.45) is 0.827. The first kappa shape index (κ1) is 20.8. The summed E-state index contributed by atoms with van der Waals surface area (Å²) in [6.45, 7) is 5.65. The molecule has 0 aliphatic carbocycles. The summed E-state index contributed by atoms with van der Waals surface area (Å²) in [5.41, 5.74) is 5.95. The zero-order chi connectivity index (χ0) is 21.1. The number of hydrazine groups is 1. The summed E-state index contributed by atoms with van der Waals surface area (Å²) in [4.78, 5) is 38.6.